The zero-order valence-electron chi connectivity index (χ0n) is 6.91. The summed E-state index contributed by atoms with van der Waals surface area (Å²) in [7, 11) is 0. The monoisotopic (exact) mass is 181 g/mol. The first kappa shape index (κ1) is 9.00. The molecule has 0 bridgehead atoms. The highest BCUT2D eigenvalue weighted by molar-refractivity contribution is 7.12. The lowest BCUT2D eigenvalue weighted by Crippen LogP contribution is -2.22. The van der Waals surface area contributed by atoms with Crippen molar-refractivity contribution in [2.75, 3.05) is 6.54 Å². The molecule has 1 amide bonds. The van der Waals surface area contributed by atoms with Gasteiger partial charge in [0.1, 0.15) is 0 Å². The van der Waals surface area contributed by atoms with Gasteiger partial charge in [0.15, 0.2) is 0 Å². The van der Waals surface area contributed by atoms with E-state index in [9.17, 15) is 4.79 Å². The molecular formula is C9H11NOS. The van der Waals surface area contributed by atoms with E-state index in [1.54, 1.807) is 0 Å². The predicted molar refractivity (Wildman–Crippen MR) is 51.5 cm³/mol. The molecule has 1 aromatic heterocycles. The second-order valence-electron chi connectivity index (χ2n) is 2.26. The lowest BCUT2D eigenvalue weighted by Gasteiger charge is -1.97. The number of carbonyl (C=O) groups excluding carboxylic acids is 1. The largest absolute Gasteiger partial charge is 0.348 e. The normalized spacial score (nSPS) is 10.4. The Kier molecular flexibility index (Phi) is 3.54. The molecule has 3 heteroatoms. The fourth-order valence-corrected chi connectivity index (χ4v) is 1.40. The number of amides is 1. The minimum Gasteiger partial charge on any atom is -0.348 e. The maximum atomic E-state index is 11.2. The van der Waals surface area contributed by atoms with Crippen LogP contribution in [0.5, 0.6) is 0 Å². The number of rotatable bonds is 3. The maximum Gasteiger partial charge on any atom is 0.261 e. The number of thiophene rings is 1. The van der Waals surface area contributed by atoms with Crippen LogP contribution in [0.3, 0.4) is 0 Å². The minimum atomic E-state index is 0.00287. The summed E-state index contributed by atoms with van der Waals surface area (Å²) in [5, 5.41) is 4.66. The topological polar surface area (TPSA) is 29.1 Å². The molecule has 0 aliphatic rings. The summed E-state index contributed by atoms with van der Waals surface area (Å²) < 4.78 is 0. The number of hydrogen-bond acceptors (Lipinski definition) is 2. The number of hydrogen-bond donors (Lipinski definition) is 1. The number of nitrogens with one attached hydrogen (secondary N) is 1. The molecule has 1 rings (SSSR count). The molecule has 64 valence electrons. The quantitative estimate of drug-likeness (QED) is 0.710. The van der Waals surface area contributed by atoms with E-state index in [4.69, 9.17) is 0 Å². The summed E-state index contributed by atoms with van der Waals surface area (Å²) in [6.45, 7) is 2.53. The van der Waals surface area contributed by atoms with E-state index >= 15 is 0 Å². The van der Waals surface area contributed by atoms with Crippen molar-refractivity contribution in [1.29, 1.82) is 0 Å². The van der Waals surface area contributed by atoms with Gasteiger partial charge in [-0.15, -0.1) is 11.3 Å². The molecule has 0 aliphatic carbocycles. The third-order valence-corrected chi connectivity index (χ3v) is 2.23. The van der Waals surface area contributed by atoms with E-state index in [0.717, 1.165) is 4.88 Å². The van der Waals surface area contributed by atoms with Crippen LogP contribution in [0.4, 0.5) is 0 Å². The smallest absolute Gasteiger partial charge is 0.261 e. The predicted octanol–water partition coefficient (Wildman–Crippen LogP) is 2.05. The summed E-state index contributed by atoms with van der Waals surface area (Å²) >= 11 is 1.45. The molecule has 0 radical (unpaired) electrons. The van der Waals surface area contributed by atoms with Gasteiger partial charge in [-0.1, -0.05) is 18.2 Å². The molecule has 0 saturated carbocycles. The molecule has 0 saturated heterocycles. The van der Waals surface area contributed by atoms with Gasteiger partial charge in [-0.3, -0.25) is 4.79 Å². The van der Waals surface area contributed by atoms with Crippen molar-refractivity contribution in [2.24, 2.45) is 0 Å². The highest BCUT2D eigenvalue weighted by Crippen LogP contribution is 2.07. The van der Waals surface area contributed by atoms with Crippen LogP contribution in [-0.4, -0.2) is 12.5 Å². The molecule has 1 heterocycles. The molecule has 0 atom stereocenters. The Bertz CT molecular complexity index is 264. The van der Waals surface area contributed by atoms with E-state index < -0.39 is 0 Å². The van der Waals surface area contributed by atoms with Crippen molar-refractivity contribution in [3.8, 4) is 0 Å². The van der Waals surface area contributed by atoms with E-state index in [1.165, 1.54) is 11.3 Å². The van der Waals surface area contributed by atoms with Crippen LogP contribution < -0.4 is 5.32 Å². The Balaban J connectivity index is 2.40. The average molecular weight is 181 g/mol. The summed E-state index contributed by atoms with van der Waals surface area (Å²) in [4.78, 5) is 12.0. The first-order chi connectivity index (χ1) is 5.84. The molecule has 1 N–H and O–H groups in total. The van der Waals surface area contributed by atoms with Gasteiger partial charge in [-0.25, -0.2) is 0 Å². The fourth-order valence-electron chi connectivity index (χ4n) is 0.764. The molecule has 1 aromatic rings. The molecular weight excluding hydrogens is 170 g/mol. The molecule has 0 aliphatic heterocycles. The van der Waals surface area contributed by atoms with Gasteiger partial charge in [0.2, 0.25) is 0 Å². The minimum absolute atomic E-state index is 0.00287. The Labute approximate surface area is 75.9 Å². The fraction of sp³-hybridized carbons (Fsp3) is 0.222. The van der Waals surface area contributed by atoms with Gasteiger partial charge in [0, 0.05) is 6.54 Å². The van der Waals surface area contributed by atoms with Gasteiger partial charge >= 0.3 is 0 Å². The van der Waals surface area contributed by atoms with Crippen LogP contribution in [0, 0.1) is 0 Å². The van der Waals surface area contributed by atoms with Crippen molar-refractivity contribution in [3.63, 3.8) is 0 Å². The van der Waals surface area contributed by atoms with Gasteiger partial charge < -0.3 is 5.32 Å². The van der Waals surface area contributed by atoms with Crippen LogP contribution in [-0.2, 0) is 0 Å². The Morgan fingerprint density at radius 3 is 3.17 bits per heavy atom. The van der Waals surface area contributed by atoms with Crippen molar-refractivity contribution < 1.29 is 4.79 Å². The van der Waals surface area contributed by atoms with Crippen LogP contribution in [0.15, 0.2) is 29.7 Å². The van der Waals surface area contributed by atoms with Crippen LogP contribution in [0.2, 0.25) is 0 Å². The number of allylic oxidation sites excluding steroid dienone is 1. The van der Waals surface area contributed by atoms with Crippen LogP contribution in [0.1, 0.15) is 16.6 Å². The Hall–Kier alpha value is -1.09. The summed E-state index contributed by atoms with van der Waals surface area (Å²) in [5.41, 5.74) is 0. The lowest BCUT2D eigenvalue weighted by molar-refractivity contribution is 0.0962. The van der Waals surface area contributed by atoms with Crippen molar-refractivity contribution in [3.05, 3.63) is 34.5 Å². The van der Waals surface area contributed by atoms with Gasteiger partial charge in [-0.2, -0.15) is 0 Å². The van der Waals surface area contributed by atoms with Crippen molar-refractivity contribution in [1.82, 2.24) is 5.32 Å². The van der Waals surface area contributed by atoms with Gasteiger partial charge in [0.25, 0.3) is 5.91 Å². The van der Waals surface area contributed by atoms with E-state index in [1.807, 2.05) is 36.6 Å². The Morgan fingerprint density at radius 1 is 1.75 bits per heavy atom. The summed E-state index contributed by atoms with van der Waals surface area (Å²) in [6.07, 6.45) is 3.82. The average Bonchev–Trinajstić information content (AvgIpc) is 2.56. The van der Waals surface area contributed by atoms with Gasteiger partial charge in [-0.05, 0) is 18.4 Å². The van der Waals surface area contributed by atoms with Gasteiger partial charge in [0.05, 0.1) is 4.88 Å². The van der Waals surface area contributed by atoms with Crippen LogP contribution in [0.25, 0.3) is 0 Å². The highest BCUT2D eigenvalue weighted by atomic mass is 32.1. The summed E-state index contributed by atoms with van der Waals surface area (Å²) in [6, 6.07) is 3.69. The SMILES string of the molecule is C/C=C/CNC(=O)c1cccs1. The number of carbonyl (C=O) groups is 1. The van der Waals surface area contributed by atoms with Crippen molar-refractivity contribution >= 4 is 17.2 Å². The lowest BCUT2D eigenvalue weighted by atomic mass is 10.4. The second-order valence-corrected chi connectivity index (χ2v) is 3.20. The third-order valence-electron chi connectivity index (χ3n) is 1.36. The molecule has 0 unspecified atom stereocenters. The third kappa shape index (κ3) is 2.51. The Morgan fingerprint density at radius 2 is 2.58 bits per heavy atom. The van der Waals surface area contributed by atoms with E-state index in [2.05, 4.69) is 5.32 Å². The molecule has 12 heavy (non-hydrogen) atoms. The highest BCUT2D eigenvalue weighted by Gasteiger charge is 2.02. The zero-order chi connectivity index (χ0) is 8.81. The first-order valence-electron chi connectivity index (χ1n) is 3.77. The van der Waals surface area contributed by atoms with Crippen LogP contribution >= 0.6 is 11.3 Å². The maximum absolute atomic E-state index is 11.2. The van der Waals surface area contributed by atoms with E-state index in [-0.39, 0.29) is 5.91 Å². The second kappa shape index (κ2) is 4.72. The molecule has 0 fully saturated rings. The molecule has 0 spiro atoms. The van der Waals surface area contributed by atoms with E-state index in [0.29, 0.717) is 6.54 Å². The molecule has 0 aromatic carbocycles. The van der Waals surface area contributed by atoms with Crippen molar-refractivity contribution in [2.45, 2.75) is 6.92 Å². The first-order valence-corrected chi connectivity index (χ1v) is 4.65. The summed E-state index contributed by atoms with van der Waals surface area (Å²) in [5.74, 6) is 0.00287. The molecule has 2 nitrogen and oxygen atoms in total. The zero-order valence-corrected chi connectivity index (χ0v) is 7.73. The standard InChI is InChI=1S/C9H11NOS/c1-2-3-6-10-9(11)8-5-4-7-12-8/h2-5,7H,6H2,1H3,(H,10,11)/b3-2+.